The molecule has 0 unspecified atom stereocenters. The molecule has 0 aliphatic carbocycles. The van der Waals surface area contributed by atoms with Crippen LogP contribution >= 0.6 is 0 Å². The summed E-state index contributed by atoms with van der Waals surface area (Å²) in [6.45, 7) is 9.61. The number of pyridine rings is 1. The van der Waals surface area contributed by atoms with Gasteiger partial charge in [0.05, 0.1) is 12.6 Å². The lowest BCUT2D eigenvalue weighted by Gasteiger charge is -2.17. The quantitative estimate of drug-likeness (QED) is 0.644. The Morgan fingerprint density at radius 1 is 1.03 bits per heavy atom. The highest BCUT2D eigenvalue weighted by Crippen LogP contribution is 2.19. The Hall–Kier alpha value is -3.42. The maximum atomic E-state index is 13.1. The summed E-state index contributed by atoms with van der Waals surface area (Å²) >= 11 is 0. The van der Waals surface area contributed by atoms with E-state index in [4.69, 9.17) is 4.74 Å². The molecule has 0 radical (unpaired) electrons. The number of benzene rings is 1. The summed E-state index contributed by atoms with van der Waals surface area (Å²) in [6.07, 6.45) is 1.79. The molecule has 0 bridgehead atoms. The van der Waals surface area contributed by atoms with E-state index in [1.54, 1.807) is 20.0 Å². The van der Waals surface area contributed by atoms with Crippen molar-refractivity contribution in [1.29, 1.82) is 0 Å². The van der Waals surface area contributed by atoms with E-state index in [1.165, 1.54) is 4.57 Å². The van der Waals surface area contributed by atoms with Gasteiger partial charge in [0.2, 0.25) is 5.95 Å². The van der Waals surface area contributed by atoms with Crippen molar-refractivity contribution in [1.82, 2.24) is 19.1 Å². The van der Waals surface area contributed by atoms with Gasteiger partial charge in [-0.25, -0.2) is 14.2 Å². The van der Waals surface area contributed by atoms with Crippen LogP contribution in [-0.2, 0) is 6.54 Å². The van der Waals surface area contributed by atoms with Crippen LogP contribution in [0.5, 0.6) is 5.75 Å². The van der Waals surface area contributed by atoms with Crippen LogP contribution in [0.2, 0.25) is 0 Å². The van der Waals surface area contributed by atoms with Crippen molar-refractivity contribution < 1.29 is 4.74 Å². The molecule has 3 aromatic rings. The third kappa shape index (κ3) is 4.94. The summed E-state index contributed by atoms with van der Waals surface area (Å²) in [6, 6.07) is 10.8. The van der Waals surface area contributed by atoms with Crippen LogP contribution in [-0.4, -0.2) is 25.2 Å². The summed E-state index contributed by atoms with van der Waals surface area (Å²) < 4.78 is 8.25. The molecule has 30 heavy (non-hydrogen) atoms. The Morgan fingerprint density at radius 2 is 1.73 bits per heavy atom. The van der Waals surface area contributed by atoms with Gasteiger partial charge < -0.3 is 10.1 Å². The van der Waals surface area contributed by atoms with Crippen molar-refractivity contribution in [2.24, 2.45) is 0 Å². The Bertz CT molecular complexity index is 1110. The number of nitrogens with one attached hydrogen (secondary N) is 1. The summed E-state index contributed by atoms with van der Waals surface area (Å²) in [4.78, 5) is 34.0. The molecule has 1 aromatic carbocycles. The highest BCUT2D eigenvalue weighted by Gasteiger charge is 2.16. The van der Waals surface area contributed by atoms with E-state index < -0.39 is 11.4 Å². The maximum absolute atomic E-state index is 13.1. The molecule has 0 aliphatic rings. The first-order chi connectivity index (χ1) is 14.2. The average Bonchev–Trinajstić information content (AvgIpc) is 2.67. The normalized spacial score (nSPS) is 11.2. The average molecular weight is 409 g/mol. The number of ether oxygens (including phenoxy) is 1. The highest BCUT2D eigenvalue weighted by atomic mass is 16.5. The SMILES string of the molecule is Cc1ccc(Cn2c(Nc3ccc(OC(C)C)cc3)nc(=O)n(C(C)C)c2=O)cn1. The van der Waals surface area contributed by atoms with Crippen molar-refractivity contribution in [3.63, 3.8) is 0 Å². The molecule has 8 nitrogen and oxygen atoms in total. The van der Waals surface area contributed by atoms with Crippen LogP contribution in [0.4, 0.5) is 11.6 Å². The van der Waals surface area contributed by atoms with E-state index in [1.807, 2.05) is 57.2 Å². The Kier molecular flexibility index (Phi) is 6.34. The zero-order valence-corrected chi connectivity index (χ0v) is 17.9. The van der Waals surface area contributed by atoms with Crippen molar-refractivity contribution in [3.8, 4) is 5.75 Å². The van der Waals surface area contributed by atoms with Crippen LogP contribution in [0.1, 0.15) is 45.0 Å². The number of rotatable bonds is 7. The zero-order valence-electron chi connectivity index (χ0n) is 17.9. The zero-order chi connectivity index (χ0) is 21.8. The van der Waals surface area contributed by atoms with E-state index in [2.05, 4.69) is 15.3 Å². The van der Waals surface area contributed by atoms with Gasteiger partial charge in [-0.15, -0.1) is 0 Å². The molecule has 0 aliphatic heterocycles. The maximum Gasteiger partial charge on any atom is 0.355 e. The summed E-state index contributed by atoms with van der Waals surface area (Å²) in [5, 5.41) is 3.10. The Balaban J connectivity index is 2.01. The van der Waals surface area contributed by atoms with Gasteiger partial charge in [0.25, 0.3) is 0 Å². The molecule has 0 fully saturated rings. The van der Waals surface area contributed by atoms with Crippen molar-refractivity contribution >= 4 is 11.6 Å². The van der Waals surface area contributed by atoms with Gasteiger partial charge in [-0.05, 0) is 70.5 Å². The fraction of sp³-hybridized carbons (Fsp3) is 0.364. The molecule has 8 heteroatoms. The molecular formula is C22H27N5O3. The van der Waals surface area contributed by atoms with E-state index in [0.29, 0.717) is 5.69 Å². The predicted molar refractivity (Wildman–Crippen MR) is 117 cm³/mol. The van der Waals surface area contributed by atoms with Gasteiger partial charge in [-0.2, -0.15) is 4.98 Å². The van der Waals surface area contributed by atoms with Gasteiger partial charge >= 0.3 is 11.4 Å². The monoisotopic (exact) mass is 409 g/mol. The highest BCUT2D eigenvalue weighted by molar-refractivity contribution is 5.54. The number of hydrogen-bond acceptors (Lipinski definition) is 6. The third-order valence-electron chi connectivity index (χ3n) is 4.41. The van der Waals surface area contributed by atoms with E-state index >= 15 is 0 Å². The van der Waals surface area contributed by atoms with Gasteiger partial charge in [0.15, 0.2) is 0 Å². The smallest absolute Gasteiger partial charge is 0.355 e. The molecule has 3 rings (SSSR count). The molecule has 2 aromatic heterocycles. The van der Waals surface area contributed by atoms with Crippen molar-refractivity contribution in [3.05, 3.63) is 74.8 Å². The van der Waals surface area contributed by atoms with Gasteiger partial charge in [-0.1, -0.05) is 6.07 Å². The molecule has 1 N–H and O–H groups in total. The first kappa shape index (κ1) is 21.3. The van der Waals surface area contributed by atoms with E-state index in [9.17, 15) is 9.59 Å². The molecular weight excluding hydrogens is 382 g/mol. The number of aromatic nitrogens is 4. The standard InChI is InChI=1S/C22H27N5O3/c1-14(2)27-21(28)25-20(24-18-8-10-19(11-9-18)30-15(3)4)26(22(27)29)13-17-7-6-16(5)23-12-17/h6-12,14-15H,13H2,1-5H3,(H,24,25,28). The summed E-state index contributed by atoms with van der Waals surface area (Å²) in [5.41, 5.74) is 1.40. The predicted octanol–water partition coefficient (Wildman–Crippen LogP) is 3.27. The molecule has 0 saturated carbocycles. The molecule has 0 atom stereocenters. The minimum absolute atomic E-state index is 0.0717. The van der Waals surface area contributed by atoms with Crippen molar-refractivity contribution in [2.75, 3.05) is 5.32 Å². The summed E-state index contributed by atoms with van der Waals surface area (Å²) in [7, 11) is 0. The Labute approximate surface area is 175 Å². The minimum atomic E-state index is -0.587. The molecule has 158 valence electrons. The lowest BCUT2D eigenvalue weighted by molar-refractivity contribution is 0.242. The van der Waals surface area contributed by atoms with E-state index in [0.717, 1.165) is 21.6 Å². The molecule has 0 amide bonds. The van der Waals surface area contributed by atoms with Gasteiger partial charge in [-0.3, -0.25) is 9.55 Å². The second kappa shape index (κ2) is 8.94. The second-order valence-corrected chi connectivity index (χ2v) is 7.67. The van der Waals surface area contributed by atoms with Crippen LogP contribution in [0.15, 0.2) is 52.2 Å². The van der Waals surface area contributed by atoms with Gasteiger partial charge in [0, 0.05) is 23.6 Å². The third-order valence-corrected chi connectivity index (χ3v) is 4.41. The fourth-order valence-corrected chi connectivity index (χ4v) is 2.98. The lowest BCUT2D eigenvalue weighted by atomic mass is 10.2. The minimum Gasteiger partial charge on any atom is -0.491 e. The summed E-state index contributed by atoms with van der Waals surface area (Å²) in [5.74, 6) is 0.918. The van der Waals surface area contributed by atoms with Crippen molar-refractivity contribution in [2.45, 2.75) is 53.3 Å². The van der Waals surface area contributed by atoms with E-state index in [-0.39, 0.29) is 24.6 Å². The van der Waals surface area contributed by atoms with Crippen LogP contribution in [0, 0.1) is 6.92 Å². The Morgan fingerprint density at radius 3 is 2.30 bits per heavy atom. The topological polar surface area (TPSA) is 91.0 Å². The number of nitrogens with zero attached hydrogens (tertiary/aromatic N) is 4. The first-order valence-corrected chi connectivity index (χ1v) is 9.93. The number of aryl methyl sites for hydroxylation is 1. The van der Waals surface area contributed by atoms with Crippen LogP contribution < -0.4 is 21.4 Å². The second-order valence-electron chi connectivity index (χ2n) is 7.67. The van der Waals surface area contributed by atoms with Gasteiger partial charge in [0.1, 0.15) is 5.75 Å². The number of anilines is 2. The fourth-order valence-electron chi connectivity index (χ4n) is 2.98. The molecule has 2 heterocycles. The number of hydrogen-bond donors (Lipinski definition) is 1. The lowest BCUT2D eigenvalue weighted by Crippen LogP contribution is -2.43. The van der Waals surface area contributed by atoms with Crippen LogP contribution in [0.25, 0.3) is 0 Å². The molecule has 0 saturated heterocycles. The largest absolute Gasteiger partial charge is 0.491 e. The first-order valence-electron chi connectivity index (χ1n) is 9.93. The van der Waals surface area contributed by atoms with Crippen LogP contribution in [0.3, 0.4) is 0 Å². The molecule has 0 spiro atoms.